The first kappa shape index (κ1) is 14.4. The number of benzene rings is 1. The summed E-state index contributed by atoms with van der Waals surface area (Å²) < 4.78 is 5.22. The number of hydrogen-bond donors (Lipinski definition) is 1. The van der Waals surface area contributed by atoms with E-state index in [2.05, 4.69) is 29.6 Å². The van der Waals surface area contributed by atoms with Gasteiger partial charge in [-0.1, -0.05) is 36.4 Å². The predicted molar refractivity (Wildman–Crippen MR) is 81.9 cm³/mol. The third kappa shape index (κ3) is 4.26. The molecule has 1 amide bonds. The second-order valence-electron chi connectivity index (χ2n) is 5.87. The van der Waals surface area contributed by atoms with Gasteiger partial charge in [0.15, 0.2) is 0 Å². The van der Waals surface area contributed by atoms with Crippen LogP contribution in [0.1, 0.15) is 38.7 Å². The lowest BCUT2D eigenvalue weighted by Crippen LogP contribution is -2.27. The lowest BCUT2D eigenvalue weighted by atomic mass is 9.95. The van der Waals surface area contributed by atoms with Crippen LogP contribution in [0.3, 0.4) is 0 Å². The maximum absolute atomic E-state index is 11.7. The van der Waals surface area contributed by atoms with Gasteiger partial charge in [-0.3, -0.25) is 5.32 Å². The molecule has 0 radical (unpaired) electrons. The molecule has 0 saturated carbocycles. The van der Waals surface area contributed by atoms with E-state index in [9.17, 15) is 4.79 Å². The zero-order valence-corrected chi connectivity index (χ0v) is 12.2. The average molecular weight is 271 g/mol. The standard InChI is InChI=1S/C17H21NO2/c1-17(2,3)20-16(19)18-15-11-9-14(10-12-15)13-7-5-4-6-8-13/h5-13H,4H2,1-3H3,(H,18,19). The molecule has 1 aromatic carbocycles. The number of anilines is 1. The first-order valence-corrected chi connectivity index (χ1v) is 6.87. The Morgan fingerprint density at radius 2 is 1.75 bits per heavy atom. The van der Waals surface area contributed by atoms with Gasteiger partial charge in [-0.2, -0.15) is 0 Å². The van der Waals surface area contributed by atoms with Crippen molar-refractivity contribution in [2.75, 3.05) is 5.32 Å². The summed E-state index contributed by atoms with van der Waals surface area (Å²) in [5, 5.41) is 2.73. The number of carbonyl (C=O) groups excluding carboxylic acids is 1. The van der Waals surface area contributed by atoms with Gasteiger partial charge in [-0.25, -0.2) is 4.79 Å². The highest BCUT2D eigenvalue weighted by Crippen LogP contribution is 2.24. The Balaban J connectivity index is 1.98. The molecule has 0 fully saturated rings. The molecule has 0 saturated heterocycles. The third-order valence-corrected chi connectivity index (χ3v) is 2.90. The van der Waals surface area contributed by atoms with Gasteiger partial charge in [0, 0.05) is 11.6 Å². The average Bonchev–Trinajstić information content (AvgIpc) is 2.38. The summed E-state index contributed by atoms with van der Waals surface area (Å²) in [6.07, 6.45) is 9.29. The Kier molecular flexibility index (Phi) is 4.28. The number of nitrogens with one attached hydrogen (secondary N) is 1. The quantitative estimate of drug-likeness (QED) is 0.796. The van der Waals surface area contributed by atoms with Crippen LogP contribution >= 0.6 is 0 Å². The normalized spacial score (nSPS) is 15.2. The fourth-order valence-electron chi connectivity index (χ4n) is 2.03. The predicted octanol–water partition coefficient (Wildman–Crippen LogP) is 4.63. The Morgan fingerprint density at radius 1 is 1.15 bits per heavy atom. The minimum Gasteiger partial charge on any atom is -0.444 e. The van der Waals surface area contributed by atoms with Gasteiger partial charge in [0.05, 0.1) is 0 Å². The van der Waals surface area contributed by atoms with E-state index in [-0.39, 0.29) is 0 Å². The summed E-state index contributed by atoms with van der Waals surface area (Å²) in [7, 11) is 0. The van der Waals surface area contributed by atoms with Crippen LogP contribution in [0.4, 0.5) is 10.5 Å². The first-order valence-electron chi connectivity index (χ1n) is 6.87. The van der Waals surface area contributed by atoms with Gasteiger partial charge in [-0.05, 0) is 44.9 Å². The number of ether oxygens (including phenoxy) is 1. The molecule has 106 valence electrons. The Morgan fingerprint density at radius 3 is 2.30 bits per heavy atom. The number of rotatable bonds is 2. The van der Waals surface area contributed by atoms with Crippen molar-refractivity contribution in [1.29, 1.82) is 0 Å². The van der Waals surface area contributed by atoms with Gasteiger partial charge in [0.2, 0.25) is 0 Å². The van der Waals surface area contributed by atoms with E-state index in [0.29, 0.717) is 5.92 Å². The summed E-state index contributed by atoms with van der Waals surface area (Å²) in [6, 6.07) is 7.85. The Labute approximate surface area is 120 Å². The van der Waals surface area contributed by atoms with Gasteiger partial charge in [0.1, 0.15) is 5.60 Å². The number of hydrogen-bond acceptors (Lipinski definition) is 2. The molecule has 0 aromatic heterocycles. The van der Waals surface area contributed by atoms with Gasteiger partial charge in [-0.15, -0.1) is 0 Å². The van der Waals surface area contributed by atoms with E-state index < -0.39 is 11.7 Å². The second kappa shape index (κ2) is 5.95. The minimum absolute atomic E-state index is 0.333. The molecule has 3 nitrogen and oxygen atoms in total. The maximum Gasteiger partial charge on any atom is 0.412 e. The molecule has 2 rings (SSSR count). The van der Waals surface area contributed by atoms with Crippen LogP contribution in [0.2, 0.25) is 0 Å². The van der Waals surface area contributed by atoms with Crippen molar-refractivity contribution in [3.8, 4) is 0 Å². The summed E-state index contributed by atoms with van der Waals surface area (Å²) in [5.74, 6) is 0.333. The van der Waals surface area contributed by atoms with E-state index in [4.69, 9.17) is 4.74 Å². The van der Waals surface area contributed by atoms with Gasteiger partial charge < -0.3 is 4.74 Å². The molecule has 0 heterocycles. The van der Waals surface area contributed by atoms with Crippen LogP contribution in [0.5, 0.6) is 0 Å². The topological polar surface area (TPSA) is 38.3 Å². The zero-order valence-electron chi connectivity index (χ0n) is 12.2. The molecule has 0 spiro atoms. The van der Waals surface area contributed by atoms with Crippen LogP contribution in [0.15, 0.2) is 48.6 Å². The van der Waals surface area contributed by atoms with Crippen molar-refractivity contribution >= 4 is 11.8 Å². The number of carbonyl (C=O) groups is 1. The SMILES string of the molecule is CC(C)(C)OC(=O)Nc1ccc(C2C=CCC=C2)cc1. The molecule has 1 aliphatic carbocycles. The molecule has 1 aromatic rings. The van der Waals surface area contributed by atoms with Gasteiger partial charge in [0.25, 0.3) is 0 Å². The molecular formula is C17H21NO2. The molecule has 1 N–H and O–H groups in total. The highest BCUT2D eigenvalue weighted by Gasteiger charge is 2.16. The molecule has 20 heavy (non-hydrogen) atoms. The van der Waals surface area contributed by atoms with Crippen LogP contribution in [-0.2, 0) is 4.74 Å². The van der Waals surface area contributed by atoms with E-state index in [1.54, 1.807) is 0 Å². The fraction of sp³-hybridized carbons (Fsp3) is 0.353. The van der Waals surface area contributed by atoms with Crippen LogP contribution in [0.25, 0.3) is 0 Å². The molecule has 0 unspecified atom stereocenters. The number of amides is 1. The zero-order chi connectivity index (χ0) is 14.6. The smallest absolute Gasteiger partial charge is 0.412 e. The minimum atomic E-state index is -0.484. The molecule has 3 heteroatoms. The summed E-state index contributed by atoms with van der Waals surface area (Å²) >= 11 is 0. The molecule has 1 aliphatic rings. The van der Waals surface area contributed by atoms with Crippen molar-refractivity contribution in [1.82, 2.24) is 0 Å². The van der Waals surface area contributed by atoms with Crippen molar-refractivity contribution in [3.63, 3.8) is 0 Å². The summed E-state index contributed by atoms with van der Waals surface area (Å²) in [4.78, 5) is 11.7. The van der Waals surface area contributed by atoms with Crippen molar-refractivity contribution < 1.29 is 9.53 Å². The van der Waals surface area contributed by atoms with Crippen LogP contribution in [-0.4, -0.2) is 11.7 Å². The third-order valence-electron chi connectivity index (χ3n) is 2.90. The van der Waals surface area contributed by atoms with Crippen molar-refractivity contribution in [2.24, 2.45) is 0 Å². The summed E-state index contributed by atoms with van der Waals surface area (Å²) in [5.41, 5.74) is 1.47. The second-order valence-corrected chi connectivity index (χ2v) is 5.87. The largest absolute Gasteiger partial charge is 0.444 e. The first-order chi connectivity index (χ1) is 9.44. The number of allylic oxidation sites excluding steroid dienone is 4. The van der Waals surface area contributed by atoms with E-state index >= 15 is 0 Å². The highest BCUT2D eigenvalue weighted by atomic mass is 16.6. The lowest BCUT2D eigenvalue weighted by Gasteiger charge is -2.19. The van der Waals surface area contributed by atoms with E-state index in [1.165, 1.54) is 5.56 Å². The molecule has 0 atom stereocenters. The van der Waals surface area contributed by atoms with E-state index in [0.717, 1.165) is 12.1 Å². The highest BCUT2D eigenvalue weighted by molar-refractivity contribution is 5.84. The molecule has 0 aliphatic heterocycles. The van der Waals surface area contributed by atoms with Crippen LogP contribution in [0, 0.1) is 0 Å². The van der Waals surface area contributed by atoms with Crippen molar-refractivity contribution in [3.05, 3.63) is 54.1 Å². The van der Waals surface area contributed by atoms with Crippen LogP contribution < -0.4 is 5.32 Å². The van der Waals surface area contributed by atoms with E-state index in [1.807, 2.05) is 45.0 Å². The summed E-state index contributed by atoms with van der Waals surface area (Å²) in [6.45, 7) is 5.53. The molecular weight excluding hydrogens is 250 g/mol. The van der Waals surface area contributed by atoms with Gasteiger partial charge >= 0.3 is 6.09 Å². The lowest BCUT2D eigenvalue weighted by molar-refractivity contribution is 0.0636. The Bertz CT molecular complexity index is 509. The van der Waals surface area contributed by atoms with Crippen molar-refractivity contribution in [2.45, 2.75) is 38.7 Å². The Hall–Kier alpha value is -2.03. The molecule has 0 bridgehead atoms. The fourth-order valence-corrected chi connectivity index (χ4v) is 2.03. The maximum atomic E-state index is 11.7. The monoisotopic (exact) mass is 271 g/mol.